The smallest absolute Gasteiger partial charge is 0.381 e. The van der Waals surface area contributed by atoms with Crippen molar-refractivity contribution in [1.29, 1.82) is 0 Å². The molecule has 0 bridgehead atoms. The molecule has 1 atom stereocenters. The summed E-state index contributed by atoms with van der Waals surface area (Å²) >= 11 is 0. The second kappa shape index (κ2) is 10.6. The molecular weight excluding hydrogens is 469 g/mol. The lowest BCUT2D eigenvalue weighted by atomic mass is 9.91. The maximum atomic E-state index is 13.4. The summed E-state index contributed by atoms with van der Waals surface area (Å²) in [7, 11) is 0. The highest BCUT2D eigenvalue weighted by Gasteiger charge is 2.37. The minimum Gasteiger partial charge on any atom is -0.381 e. The summed E-state index contributed by atoms with van der Waals surface area (Å²) in [5.74, 6) is -0.479. The quantitative estimate of drug-likeness (QED) is 0.507. The molecule has 2 aromatic carbocycles. The van der Waals surface area contributed by atoms with Gasteiger partial charge in [-0.05, 0) is 54.3 Å². The van der Waals surface area contributed by atoms with E-state index in [0.717, 1.165) is 12.8 Å². The molecule has 3 rings (SSSR count). The zero-order valence-corrected chi connectivity index (χ0v) is 18.1. The Bertz CT molecular complexity index is 910. The molecule has 1 heterocycles. The molecule has 34 heavy (non-hydrogen) atoms. The normalized spacial score (nSPS) is 17.5. The average molecular weight is 494 g/mol. The highest BCUT2D eigenvalue weighted by Crippen LogP contribution is 2.36. The molecule has 1 fully saturated rings. The standard InChI is InChI=1S/C23H25F7N2O2/c24-19-3-1-16(2-4-19)21(31,13-32-20-5-7-33-8-6-20)14-34-12-15-9-17(22(25,26)27)11-18(10-15)23(28,29)30/h1-4,9-11,20,32H,5-8,12-14,31H2. The van der Waals surface area contributed by atoms with Crippen molar-refractivity contribution >= 4 is 0 Å². The van der Waals surface area contributed by atoms with Crippen molar-refractivity contribution in [2.75, 3.05) is 26.4 Å². The molecule has 2 aromatic rings. The Hall–Kier alpha value is -2.21. The zero-order valence-electron chi connectivity index (χ0n) is 18.1. The van der Waals surface area contributed by atoms with E-state index < -0.39 is 41.4 Å². The average Bonchev–Trinajstić information content (AvgIpc) is 2.77. The van der Waals surface area contributed by atoms with Crippen molar-refractivity contribution < 1.29 is 40.2 Å². The topological polar surface area (TPSA) is 56.5 Å². The maximum absolute atomic E-state index is 13.4. The lowest BCUT2D eigenvalue weighted by Gasteiger charge is -2.33. The van der Waals surface area contributed by atoms with Crippen molar-refractivity contribution in [3.8, 4) is 0 Å². The van der Waals surface area contributed by atoms with E-state index in [1.54, 1.807) is 0 Å². The fourth-order valence-electron chi connectivity index (χ4n) is 3.70. The van der Waals surface area contributed by atoms with Crippen molar-refractivity contribution in [2.24, 2.45) is 5.73 Å². The van der Waals surface area contributed by atoms with Crippen molar-refractivity contribution in [2.45, 2.75) is 43.4 Å². The Morgan fingerprint density at radius 2 is 1.44 bits per heavy atom. The molecule has 0 amide bonds. The molecule has 188 valence electrons. The third-order valence-corrected chi connectivity index (χ3v) is 5.62. The fraction of sp³-hybridized carbons (Fsp3) is 0.478. The van der Waals surface area contributed by atoms with Gasteiger partial charge in [0.1, 0.15) is 5.82 Å². The zero-order chi connectivity index (χ0) is 25.0. The second-order valence-electron chi connectivity index (χ2n) is 8.34. The van der Waals surface area contributed by atoms with E-state index in [1.807, 2.05) is 0 Å². The number of alkyl halides is 6. The van der Waals surface area contributed by atoms with Gasteiger partial charge in [-0.15, -0.1) is 0 Å². The molecular formula is C23H25F7N2O2. The predicted octanol–water partition coefficient (Wildman–Crippen LogP) is 5.00. The summed E-state index contributed by atoms with van der Waals surface area (Å²) < 4.78 is 103. The molecule has 11 heteroatoms. The van der Waals surface area contributed by atoms with Gasteiger partial charge in [0.2, 0.25) is 0 Å². The Labute approximate surface area is 192 Å². The van der Waals surface area contributed by atoms with Crippen LogP contribution in [0.15, 0.2) is 42.5 Å². The maximum Gasteiger partial charge on any atom is 0.416 e. The minimum atomic E-state index is -4.95. The minimum absolute atomic E-state index is 0.0625. The van der Waals surface area contributed by atoms with Gasteiger partial charge in [0.05, 0.1) is 29.9 Å². The van der Waals surface area contributed by atoms with Gasteiger partial charge in [-0.25, -0.2) is 4.39 Å². The monoisotopic (exact) mass is 494 g/mol. The van der Waals surface area contributed by atoms with E-state index in [9.17, 15) is 30.7 Å². The van der Waals surface area contributed by atoms with Crippen LogP contribution in [0.3, 0.4) is 0 Å². The van der Waals surface area contributed by atoms with Gasteiger partial charge < -0.3 is 20.5 Å². The fourth-order valence-corrected chi connectivity index (χ4v) is 3.70. The van der Waals surface area contributed by atoms with Crippen LogP contribution in [0.5, 0.6) is 0 Å². The lowest BCUT2D eigenvalue weighted by molar-refractivity contribution is -0.143. The third kappa shape index (κ3) is 7.14. The third-order valence-electron chi connectivity index (χ3n) is 5.62. The summed E-state index contributed by atoms with van der Waals surface area (Å²) in [6.45, 7) is 0.606. The van der Waals surface area contributed by atoms with E-state index in [4.69, 9.17) is 15.2 Å². The van der Waals surface area contributed by atoms with Gasteiger partial charge in [0, 0.05) is 25.8 Å². The molecule has 1 saturated heterocycles. The Kier molecular flexibility index (Phi) is 8.22. The van der Waals surface area contributed by atoms with Gasteiger partial charge in [0.15, 0.2) is 0 Å². The predicted molar refractivity (Wildman–Crippen MR) is 110 cm³/mol. The lowest BCUT2D eigenvalue weighted by Crippen LogP contribution is -2.52. The molecule has 0 spiro atoms. The Balaban J connectivity index is 1.76. The first-order valence-electron chi connectivity index (χ1n) is 10.6. The van der Waals surface area contributed by atoms with E-state index in [1.165, 1.54) is 24.3 Å². The van der Waals surface area contributed by atoms with Crippen LogP contribution in [0.2, 0.25) is 0 Å². The van der Waals surface area contributed by atoms with E-state index >= 15 is 0 Å². The first-order chi connectivity index (χ1) is 15.9. The van der Waals surface area contributed by atoms with Crippen LogP contribution < -0.4 is 11.1 Å². The van der Waals surface area contributed by atoms with Gasteiger partial charge in [-0.2, -0.15) is 26.3 Å². The van der Waals surface area contributed by atoms with Gasteiger partial charge in [0.25, 0.3) is 0 Å². The van der Waals surface area contributed by atoms with E-state index in [2.05, 4.69) is 5.32 Å². The SMILES string of the molecule is NC(CNC1CCOCC1)(COCc1cc(C(F)(F)F)cc(C(F)(F)F)c1)c1ccc(F)cc1. The number of rotatable bonds is 8. The molecule has 3 N–H and O–H groups in total. The highest BCUT2D eigenvalue weighted by atomic mass is 19.4. The van der Waals surface area contributed by atoms with Crippen LogP contribution in [0.4, 0.5) is 30.7 Å². The number of nitrogens with two attached hydrogens (primary N) is 1. The van der Waals surface area contributed by atoms with Crippen LogP contribution in [-0.2, 0) is 34.0 Å². The van der Waals surface area contributed by atoms with Crippen molar-refractivity contribution in [1.82, 2.24) is 5.32 Å². The molecule has 1 aliphatic heterocycles. The summed E-state index contributed by atoms with van der Waals surface area (Å²) in [6, 6.07) is 6.79. The Morgan fingerprint density at radius 1 is 0.882 bits per heavy atom. The number of ether oxygens (including phenoxy) is 2. The summed E-state index contributed by atoms with van der Waals surface area (Å²) in [5.41, 5.74) is 2.72. The van der Waals surface area contributed by atoms with E-state index in [0.29, 0.717) is 30.9 Å². The van der Waals surface area contributed by atoms with Crippen LogP contribution >= 0.6 is 0 Å². The van der Waals surface area contributed by atoms with Crippen molar-refractivity contribution in [3.05, 3.63) is 70.5 Å². The Morgan fingerprint density at radius 3 is 1.97 bits per heavy atom. The summed E-state index contributed by atoms with van der Waals surface area (Å²) in [4.78, 5) is 0. The van der Waals surface area contributed by atoms with Crippen LogP contribution in [0, 0.1) is 5.82 Å². The molecule has 1 unspecified atom stereocenters. The molecule has 0 aliphatic carbocycles. The van der Waals surface area contributed by atoms with Crippen LogP contribution in [-0.4, -0.2) is 32.4 Å². The van der Waals surface area contributed by atoms with Gasteiger partial charge >= 0.3 is 12.4 Å². The molecule has 0 aromatic heterocycles. The van der Waals surface area contributed by atoms with Gasteiger partial charge in [-0.1, -0.05) is 12.1 Å². The van der Waals surface area contributed by atoms with Crippen molar-refractivity contribution in [3.63, 3.8) is 0 Å². The number of halogens is 7. The molecule has 1 aliphatic rings. The summed E-state index contributed by atoms with van der Waals surface area (Å²) in [5, 5.41) is 3.31. The van der Waals surface area contributed by atoms with E-state index in [-0.39, 0.29) is 30.8 Å². The second-order valence-corrected chi connectivity index (χ2v) is 8.34. The van der Waals surface area contributed by atoms with Gasteiger partial charge in [-0.3, -0.25) is 0 Å². The van der Waals surface area contributed by atoms with Crippen LogP contribution in [0.1, 0.15) is 35.1 Å². The number of hydrogen-bond donors (Lipinski definition) is 2. The summed E-state index contributed by atoms with van der Waals surface area (Å²) in [6.07, 6.45) is -8.39. The molecule has 4 nitrogen and oxygen atoms in total. The number of benzene rings is 2. The molecule has 0 radical (unpaired) electrons. The van der Waals surface area contributed by atoms with Crippen LogP contribution in [0.25, 0.3) is 0 Å². The number of hydrogen-bond acceptors (Lipinski definition) is 4. The first-order valence-corrected chi connectivity index (χ1v) is 10.6. The largest absolute Gasteiger partial charge is 0.416 e. The highest BCUT2D eigenvalue weighted by molar-refractivity contribution is 5.33. The number of nitrogens with one attached hydrogen (secondary N) is 1. The first kappa shape index (κ1) is 26.4. The molecule has 0 saturated carbocycles.